The molecule has 10 heteroatoms. The third-order valence-electron chi connectivity index (χ3n) is 5.56. The van der Waals surface area contributed by atoms with Crippen LogP contribution in [-0.2, 0) is 7.05 Å². The van der Waals surface area contributed by atoms with Crippen LogP contribution < -0.4 is 15.6 Å². The molecule has 198 valence electrons. The number of pyridine rings is 1. The summed E-state index contributed by atoms with van der Waals surface area (Å²) in [6.45, 7) is 5.66. The number of carbonyl (C=O) groups is 2. The summed E-state index contributed by atoms with van der Waals surface area (Å²) in [5, 5.41) is 2.58. The Morgan fingerprint density at radius 1 is 1.03 bits per heavy atom. The van der Waals surface area contributed by atoms with E-state index in [1.54, 1.807) is 57.0 Å². The number of anilines is 1. The molecule has 0 unspecified atom stereocenters. The van der Waals surface area contributed by atoms with E-state index in [4.69, 9.17) is 4.74 Å². The second-order valence-electron chi connectivity index (χ2n) is 8.21. The zero-order chi connectivity index (χ0) is 28.0. The summed E-state index contributed by atoms with van der Waals surface area (Å²) in [5.74, 6) is -1.59. The first-order chi connectivity index (χ1) is 18.2. The van der Waals surface area contributed by atoms with Crippen molar-refractivity contribution in [2.45, 2.75) is 20.8 Å². The first-order valence-corrected chi connectivity index (χ1v) is 12.0. The SMILES string of the molecule is CC.Cc1c(C(=O)Nc2ccc(Oc3ccnc(C(=O)N(C)C)c3)c(F)c2)c(=O)n(-c2ccccc2)n1C. The van der Waals surface area contributed by atoms with E-state index in [9.17, 15) is 18.8 Å². The number of nitrogens with zero attached hydrogens (tertiary/aromatic N) is 4. The standard InChI is InChI=1S/C26H24FN5O4.C2H6/c1-16-23(26(35)32(31(16)4)18-8-6-5-7-9-18)24(33)29-17-10-11-22(20(27)14-17)36-19-12-13-28-21(15-19)25(34)30(2)3;1-2/h5-15H,1-4H3,(H,29,33);1-2H3. The third-order valence-corrected chi connectivity index (χ3v) is 5.56. The number of benzene rings is 2. The summed E-state index contributed by atoms with van der Waals surface area (Å²) < 4.78 is 23.3. The van der Waals surface area contributed by atoms with Crippen molar-refractivity contribution in [3.8, 4) is 17.2 Å². The monoisotopic (exact) mass is 519 g/mol. The highest BCUT2D eigenvalue weighted by atomic mass is 19.1. The molecule has 0 atom stereocenters. The van der Waals surface area contributed by atoms with E-state index in [0.717, 1.165) is 6.07 Å². The van der Waals surface area contributed by atoms with Gasteiger partial charge < -0.3 is 15.0 Å². The first-order valence-electron chi connectivity index (χ1n) is 12.0. The number of aromatic nitrogens is 3. The molecule has 4 rings (SSSR count). The number of amides is 2. The van der Waals surface area contributed by atoms with Crippen LogP contribution in [-0.4, -0.2) is 45.2 Å². The minimum Gasteiger partial charge on any atom is -0.454 e. The number of hydrogen-bond donors (Lipinski definition) is 1. The van der Waals surface area contributed by atoms with E-state index in [0.29, 0.717) is 11.4 Å². The molecule has 0 saturated carbocycles. The van der Waals surface area contributed by atoms with E-state index in [1.165, 1.54) is 40.0 Å². The molecule has 2 aromatic heterocycles. The molecule has 0 radical (unpaired) electrons. The number of rotatable bonds is 6. The Labute approximate surface area is 220 Å². The van der Waals surface area contributed by atoms with Crippen LogP contribution in [0.3, 0.4) is 0 Å². The molecule has 0 aliphatic rings. The summed E-state index contributed by atoms with van der Waals surface area (Å²) in [7, 11) is 4.87. The van der Waals surface area contributed by atoms with Gasteiger partial charge in [0.15, 0.2) is 11.6 Å². The minimum absolute atomic E-state index is 0.0445. The Balaban J connectivity index is 0.00000195. The molecule has 38 heavy (non-hydrogen) atoms. The Morgan fingerprint density at radius 3 is 2.34 bits per heavy atom. The van der Waals surface area contributed by atoms with Gasteiger partial charge in [0.2, 0.25) is 0 Å². The molecule has 2 heterocycles. The molecular weight excluding hydrogens is 489 g/mol. The van der Waals surface area contributed by atoms with Gasteiger partial charge in [-0.1, -0.05) is 32.0 Å². The van der Waals surface area contributed by atoms with E-state index in [1.807, 2.05) is 19.9 Å². The van der Waals surface area contributed by atoms with Crippen LogP contribution in [0.25, 0.3) is 5.69 Å². The van der Waals surface area contributed by atoms with Crippen molar-refractivity contribution < 1.29 is 18.7 Å². The maximum atomic E-state index is 14.8. The van der Waals surface area contributed by atoms with E-state index in [2.05, 4.69) is 10.3 Å². The fourth-order valence-electron chi connectivity index (χ4n) is 3.63. The second kappa shape index (κ2) is 12.0. The van der Waals surface area contributed by atoms with Gasteiger partial charge in [0.25, 0.3) is 17.4 Å². The highest BCUT2D eigenvalue weighted by molar-refractivity contribution is 6.05. The highest BCUT2D eigenvalue weighted by Gasteiger charge is 2.22. The molecule has 0 aliphatic carbocycles. The normalized spacial score (nSPS) is 10.3. The molecule has 2 amide bonds. The summed E-state index contributed by atoms with van der Waals surface area (Å²) in [4.78, 5) is 43.5. The average molecular weight is 520 g/mol. The van der Waals surface area contributed by atoms with E-state index >= 15 is 0 Å². The predicted octanol–water partition coefficient (Wildman–Crippen LogP) is 4.79. The van der Waals surface area contributed by atoms with Crippen molar-refractivity contribution in [2.75, 3.05) is 19.4 Å². The number of para-hydroxylation sites is 1. The molecule has 0 saturated heterocycles. The fourth-order valence-corrected chi connectivity index (χ4v) is 3.63. The molecule has 4 aromatic rings. The Kier molecular flexibility index (Phi) is 8.80. The van der Waals surface area contributed by atoms with Gasteiger partial charge in [0, 0.05) is 45.2 Å². The van der Waals surface area contributed by atoms with Gasteiger partial charge in [-0.25, -0.2) is 9.07 Å². The largest absolute Gasteiger partial charge is 0.454 e. The zero-order valence-electron chi connectivity index (χ0n) is 22.2. The minimum atomic E-state index is -0.739. The maximum absolute atomic E-state index is 14.8. The van der Waals surface area contributed by atoms with Crippen molar-refractivity contribution in [3.63, 3.8) is 0 Å². The maximum Gasteiger partial charge on any atom is 0.284 e. The lowest BCUT2D eigenvalue weighted by Gasteiger charge is -2.12. The summed E-state index contributed by atoms with van der Waals surface area (Å²) in [6.07, 6.45) is 1.39. The van der Waals surface area contributed by atoms with Crippen molar-refractivity contribution in [1.29, 1.82) is 0 Å². The van der Waals surface area contributed by atoms with Gasteiger partial charge in [-0.2, -0.15) is 0 Å². The van der Waals surface area contributed by atoms with Crippen LogP contribution in [0.4, 0.5) is 10.1 Å². The average Bonchev–Trinajstić information content (AvgIpc) is 3.14. The van der Waals surface area contributed by atoms with Gasteiger partial charge in [0.1, 0.15) is 17.0 Å². The lowest BCUT2D eigenvalue weighted by molar-refractivity contribution is 0.0821. The van der Waals surface area contributed by atoms with Crippen LogP contribution in [0, 0.1) is 12.7 Å². The number of nitrogens with one attached hydrogen (secondary N) is 1. The topological polar surface area (TPSA) is 98.5 Å². The van der Waals surface area contributed by atoms with Gasteiger partial charge >= 0.3 is 0 Å². The van der Waals surface area contributed by atoms with Gasteiger partial charge in [0.05, 0.1) is 11.4 Å². The summed E-state index contributed by atoms with van der Waals surface area (Å²) in [6, 6.07) is 15.7. The van der Waals surface area contributed by atoms with Crippen molar-refractivity contribution in [2.24, 2.45) is 7.05 Å². The quantitative estimate of drug-likeness (QED) is 0.395. The summed E-state index contributed by atoms with van der Waals surface area (Å²) in [5.41, 5.74) is 0.851. The zero-order valence-corrected chi connectivity index (χ0v) is 22.2. The molecule has 0 aliphatic heterocycles. The molecule has 1 N–H and O–H groups in total. The van der Waals surface area contributed by atoms with Gasteiger partial charge in [-0.05, 0) is 37.3 Å². The number of ether oxygens (including phenoxy) is 1. The number of halogens is 1. The second-order valence-corrected chi connectivity index (χ2v) is 8.21. The molecule has 0 fully saturated rings. The molecule has 0 spiro atoms. The Morgan fingerprint density at radius 2 is 1.71 bits per heavy atom. The van der Waals surface area contributed by atoms with Crippen LogP contribution in [0.2, 0.25) is 0 Å². The third kappa shape index (κ3) is 5.80. The fraction of sp³-hybridized carbons (Fsp3) is 0.214. The highest BCUT2D eigenvalue weighted by Crippen LogP contribution is 2.27. The van der Waals surface area contributed by atoms with Gasteiger partial charge in [-0.3, -0.25) is 24.0 Å². The smallest absolute Gasteiger partial charge is 0.284 e. The van der Waals surface area contributed by atoms with Crippen LogP contribution in [0.1, 0.15) is 40.4 Å². The molecule has 0 bridgehead atoms. The van der Waals surface area contributed by atoms with Crippen molar-refractivity contribution in [1.82, 2.24) is 19.2 Å². The van der Waals surface area contributed by atoms with E-state index < -0.39 is 17.3 Å². The Bertz CT molecular complexity index is 1510. The molecular formula is C28H30FN5O4. The predicted molar refractivity (Wildman–Crippen MR) is 144 cm³/mol. The summed E-state index contributed by atoms with van der Waals surface area (Å²) >= 11 is 0. The van der Waals surface area contributed by atoms with Gasteiger partial charge in [-0.15, -0.1) is 0 Å². The lowest BCUT2D eigenvalue weighted by atomic mass is 10.2. The lowest BCUT2D eigenvalue weighted by Crippen LogP contribution is -2.25. The first kappa shape index (κ1) is 27.9. The van der Waals surface area contributed by atoms with Crippen molar-refractivity contribution in [3.05, 3.63) is 100.0 Å². The van der Waals surface area contributed by atoms with Crippen molar-refractivity contribution >= 4 is 17.5 Å². The van der Waals surface area contributed by atoms with Crippen LogP contribution >= 0.6 is 0 Å². The van der Waals surface area contributed by atoms with Crippen LogP contribution in [0.5, 0.6) is 11.5 Å². The van der Waals surface area contributed by atoms with E-state index in [-0.39, 0.29) is 34.4 Å². The number of carbonyl (C=O) groups excluding carboxylic acids is 2. The Hall–Kier alpha value is -4.73. The molecule has 2 aromatic carbocycles. The molecule has 9 nitrogen and oxygen atoms in total. The van der Waals surface area contributed by atoms with Crippen LogP contribution in [0.15, 0.2) is 71.7 Å². The number of hydrogen-bond acceptors (Lipinski definition) is 5.